The number of halogens is 2. The molecule has 0 bridgehead atoms. The highest BCUT2D eigenvalue weighted by atomic mass is 32.1. The fraction of sp³-hybridized carbons (Fsp3) is 0.696. The lowest BCUT2D eigenvalue weighted by Gasteiger charge is -2.35. The normalized spacial score (nSPS) is 22.4. The molecule has 5 rings (SSSR count). The first-order valence-electron chi connectivity index (χ1n) is 12.0. The Morgan fingerprint density at radius 1 is 1.15 bits per heavy atom. The van der Waals surface area contributed by atoms with Crippen molar-refractivity contribution >= 4 is 27.4 Å². The summed E-state index contributed by atoms with van der Waals surface area (Å²) in [6.45, 7) is 5.83. The van der Waals surface area contributed by atoms with Gasteiger partial charge in [0.05, 0.1) is 23.5 Å². The zero-order valence-corrected chi connectivity index (χ0v) is 20.1. The van der Waals surface area contributed by atoms with E-state index in [0.717, 1.165) is 50.4 Å². The molecular formula is C23H32F2N6OS. The second-order valence-electron chi connectivity index (χ2n) is 9.76. The maximum absolute atomic E-state index is 13.5. The maximum Gasteiger partial charge on any atom is 0.260 e. The number of rotatable bonds is 5. The van der Waals surface area contributed by atoms with Crippen LogP contribution in [-0.4, -0.2) is 64.7 Å². The SMILES string of the molecule is Cc1c(C(=O)Nc2nc(C3CCC3)c(N3CCN(C)CC3)s2)cnn1C1CCC(F)(F)CC1. The van der Waals surface area contributed by atoms with Crippen molar-refractivity contribution in [3.8, 4) is 0 Å². The highest BCUT2D eigenvalue weighted by Gasteiger charge is 2.36. The van der Waals surface area contributed by atoms with Gasteiger partial charge in [0.1, 0.15) is 5.00 Å². The first kappa shape index (κ1) is 22.7. The molecule has 0 radical (unpaired) electrons. The first-order valence-corrected chi connectivity index (χ1v) is 12.8. The third-order valence-corrected chi connectivity index (χ3v) is 8.51. The average Bonchev–Trinajstić information content (AvgIpc) is 3.31. The Balaban J connectivity index is 1.31. The lowest BCUT2D eigenvalue weighted by molar-refractivity contribution is -0.0451. The first-order chi connectivity index (χ1) is 15.8. The number of hydrogen-bond acceptors (Lipinski definition) is 6. The molecule has 2 aromatic heterocycles. The predicted octanol–water partition coefficient (Wildman–Crippen LogP) is 4.67. The summed E-state index contributed by atoms with van der Waals surface area (Å²) in [6, 6.07) is -0.0832. The van der Waals surface area contributed by atoms with E-state index in [1.807, 2.05) is 6.92 Å². The van der Waals surface area contributed by atoms with E-state index in [9.17, 15) is 13.6 Å². The van der Waals surface area contributed by atoms with Crippen molar-refractivity contribution < 1.29 is 13.6 Å². The van der Waals surface area contributed by atoms with E-state index in [4.69, 9.17) is 4.98 Å². The Labute approximate surface area is 197 Å². The van der Waals surface area contributed by atoms with Gasteiger partial charge in [-0.2, -0.15) is 5.10 Å². The summed E-state index contributed by atoms with van der Waals surface area (Å²) in [5, 5.41) is 9.20. The monoisotopic (exact) mass is 478 g/mol. The van der Waals surface area contributed by atoms with Gasteiger partial charge in [-0.25, -0.2) is 13.8 Å². The Morgan fingerprint density at radius 3 is 2.48 bits per heavy atom. The van der Waals surface area contributed by atoms with Gasteiger partial charge in [-0.15, -0.1) is 0 Å². The lowest BCUT2D eigenvalue weighted by atomic mass is 9.83. The molecule has 10 heteroatoms. The number of aromatic nitrogens is 3. The minimum Gasteiger partial charge on any atom is -0.359 e. The molecule has 33 heavy (non-hydrogen) atoms. The number of carbonyl (C=O) groups is 1. The molecule has 0 atom stereocenters. The molecule has 0 spiro atoms. The van der Waals surface area contributed by atoms with Crippen LogP contribution in [0.5, 0.6) is 0 Å². The number of nitrogens with zero attached hydrogens (tertiary/aromatic N) is 5. The fourth-order valence-electron chi connectivity index (χ4n) is 5.01. The molecule has 1 N–H and O–H groups in total. The van der Waals surface area contributed by atoms with E-state index in [1.165, 1.54) is 11.4 Å². The standard InChI is InChI=1S/C23H32F2N6OS/c1-15-18(14-26-31(15)17-6-8-23(24,25)9-7-17)20(32)28-22-27-19(16-4-3-5-16)21(33-22)30-12-10-29(2)11-13-30/h14,16-17H,3-13H2,1-2H3,(H,27,28,32). The second-order valence-corrected chi connectivity index (χ2v) is 10.7. The summed E-state index contributed by atoms with van der Waals surface area (Å²) >= 11 is 1.56. The lowest BCUT2D eigenvalue weighted by Crippen LogP contribution is -2.44. The molecule has 7 nitrogen and oxygen atoms in total. The van der Waals surface area contributed by atoms with Crippen molar-refractivity contribution in [1.29, 1.82) is 0 Å². The molecule has 180 valence electrons. The zero-order chi connectivity index (χ0) is 23.2. The molecular weight excluding hydrogens is 446 g/mol. The van der Waals surface area contributed by atoms with E-state index < -0.39 is 5.92 Å². The number of amides is 1. The number of nitrogens with one attached hydrogen (secondary N) is 1. The van der Waals surface area contributed by atoms with Crippen molar-refractivity contribution in [2.45, 2.75) is 69.8 Å². The quantitative estimate of drug-likeness (QED) is 0.677. The summed E-state index contributed by atoms with van der Waals surface area (Å²) < 4.78 is 28.8. The average molecular weight is 479 g/mol. The molecule has 0 aromatic carbocycles. The van der Waals surface area contributed by atoms with Crippen molar-refractivity contribution in [3.63, 3.8) is 0 Å². The van der Waals surface area contributed by atoms with Crippen LogP contribution in [0.4, 0.5) is 18.9 Å². The zero-order valence-electron chi connectivity index (χ0n) is 19.3. The molecule has 1 amide bonds. The van der Waals surface area contributed by atoms with Gasteiger partial charge in [-0.3, -0.25) is 14.8 Å². The minimum atomic E-state index is -2.58. The van der Waals surface area contributed by atoms with E-state index in [1.54, 1.807) is 22.2 Å². The Morgan fingerprint density at radius 2 is 1.85 bits per heavy atom. The van der Waals surface area contributed by atoms with Crippen LogP contribution in [0.1, 0.15) is 78.7 Å². The summed E-state index contributed by atoms with van der Waals surface area (Å²) in [7, 11) is 2.14. The van der Waals surface area contributed by atoms with Crippen molar-refractivity contribution in [3.05, 3.63) is 23.1 Å². The van der Waals surface area contributed by atoms with Crippen LogP contribution in [0.15, 0.2) is 6.20 Å². The molecule has 2 saturated carbocycles. The molecule has 3 aliphatic rings. The highest BCUT2D eigenvalue weighted by molar-refractivity contribution is 7.19. The number of anilines is 2. The van der Waals surface area contributed by atoms with E-state index in [0.29, 0.717) is 29.5 Å². The second kappa shape index (κ2) is 8.94. The number of alkyl halides is 2. The third kappa shape index (κ3) is 4.64. The number of likely N-dealkylation sites (N-methyl/N-ethyl adjacent to an activating group) is 1. The van der Waals surface area contributed by atoms with Crippen molar-refractivity contribution in [2.75, 3.05) is 43.4 Å². The van der Waals surface area contributed by atoms with Crippen molar-refractivity contribution in [1.82, 2.24) is 19.7 Å². The Hall–Kier alpha value is -2.07. The molecule has 1 aliphatic heterocycles. The molecule has 2 aromatic rings. The van der Waals surface area contributed by atoms with Crippen LogP contribution >= 0.6 is 11.3 Å². The topological polar surface area (TPSA) is 66.3 Å². The maximum atomic E-state index is 13.5. The molecule has 0 unspecified atom stereocenters. The summed E-state index contributed by atoms with van der Waals surface area (Å²) in [4.78, 5) is 22.7. The number of thiazole rings is 1. The molecule has 2 aliphatic carbocycles. The molecule has 1 saturated heterocycles. The van der Waals surface area contributed by atoms with Gasteiger partial charge in [0.25, 0.3) is 5.91 Å². The third-order valence-electron chi connectivity index (χ3n) is 7.46. The van der Waals surface area contributed by atoms with Crippen LogP contribution in [-0.2, 0) is 0 Å². The van der Waals surface area contributed by atoms with Gasteiger partial charge in [-0.1, -0.05) is 17.8 Å². The smallest absolute Gasteiger partial charge is 0.260 e. The van der Waals surface area contributed by atoms with Crippen LogP contribution in [0.3, 0.4) is 0 Å². The Bertz CT molecular complexity index is 999. The van der Waals surface area contributed by atoms with E-state index in [-0.39, 0.29) is 24.8 Å². The highest BCUT2D eigenvalue weighted by Crippen LogP contribution is 2.45. The largest absolute Gasteiger partial charge is 0.359 e. The van der Waals surface area contributed by atoms with Gasteiger partial charge in [0.2, 0.25) is 5.92 Å². The van der Waals surface area contributed by atoms with Crippen LogP contribution in [0.2, 0.25) is 0 Å². The van der Waals surface area contributed by atoms with E-state index >= 15 is 0 Å². The van der Waals surface area contributed by atoms with Crippen LogP contribution in [0, 0.1) is 6.92 Å². The Kier molecular flexibility index (Phi) is 6.15. The van der Waals surface area contributed by atoms with E-state index in [2.05, 4.69) is 27.3 Å². The van der Waals surface area contributed by atoms with Gasteiger partial charge in [0.15, 0.2) is 5.13 Å². The van der Waals surface area contributed by atoms with Crippen LogP contribution in [0.25, 0.3) is 0 Å². The van der Waals surface area contributed by atoms with Gasteiger partial charge in [-0.05, 0) is 39.7 Å². The number of carbonyl (C=O) groups excluding carboxylic acids is 1. The summed E-state index contributed by atoms with van der Waals surface area (Å²) in [6.07, 6.45) is 5.60. The van der Waals surface area contributed by atoms with Gasteiger partial charge >= 0.3 is 0 Å². The van der Waals surface area contributed by atoms with Crippen LogP contribution < -0.4 is 10.2 Å². The van der Waals surface area contributed by atoms with Gasteiger partial charge < -0.3 is 9.80 Å². The molecule has 3 fully saturated rings. The van der Waals surface area contributed by atoms with Crippen molar-refractivity contribution in [2.24, 2.45) is 0 Å². The summed E-state index contributed by atoms with van der Waals surface area (Å²) in [5.41, 5.74) is 2.33. The van der Waals surface area contributed by atoms with Gasteiger partial charge in [0, 0.05) is 50.6 Å². The summed E-state index contributed by atoms with van der Waals surface area (Å²) in [5.74, 6) is -2.34. The predicted molar refractivity (Wildman–Crippen MR) is 126 cm³/mol. The minimum absolute atomic E-state index is 0.0832. The fourth-order valence-corrected chi connectivity index (χ4v) is 6.11. The number of piperazine rings is 1. The molecule has 3 heterocycles. The number of hydrogen-bond donors (Lipinski definition) is 1.